The number of H-pyrrole nitrogens is 1. The summed E-state index contributed by atoms with van der Waals surface area (Å²) in [6.45, 7) is 7.23. The molecule has 0 unspecified atom stereocenters. The third-order valence-corrected chi connectivity index (χ3v) is 3.50. The Balaban J connectivity index is 2.27. The summed E-state index contributed by atoms with van der Waals surface area (Å²) in [6.07, 6.45) is 1.80. The summed E-state index contributed by atoms with van der Waals surface area (Å²) < 4.78 is 2.21. The van der Waals surface area contributed by atoms with Gasteiger partial charge in [0.25, 0.3) is 0 Å². The van der Waals surface area contributed by atoms with Gasteiger partial charge >= 0.3 is 0 Å². The van der Waals surface area contributed by atoms with Gasteiger partial charge in [0, 0.05) is 12.2 Å². The second-order valence-electron chi connectivity index (χ2n) is 5.66. The van der Waals surface area contributed by atoms with E-state index in [0.717, 1.165) is 34.7 Å². The van der Waals surface area contributed by atoms with Crippen molar-refractivity contribution in [3.05, 3.63) is 35.7 Å². The zero-order valence-electron chi connectivity index (χ0n) is 12.4. The highest BCUT2D eigenvalue weighted by molar-refractivity contribution is 5.82. The zero-order valence-corrected chi connectivity index (χ0v) is 12.4. The molecular formula is C16H17N5. The number of imidazole rings is 1. The first-order chi connectivity index (χ1) is 10.1. The summed E-state index contributed by atoms with van der Waals surface area (Å²) in [5, 5.41) is 16.1. The van der Waals surface area contributed by atoms with Crippen LogP contribution in [0.4, 0.5) is 0 Å². The van der Waals surface area contributed by atoms with E-state index in [4.69, 9.17) is 10.2 Å². The van der Waals surface area contributed by atoms with Crippen LogP contribution in [0.15, 0.2) is 24.4 Å². The van der Waals surface area contributed by atoms with Crippen LogP contribution in [0.2, 0.25) is 0 Å². The summed E-state index contributed by atoms with van der Waals surface area (Å²) in [7, 11) is 0. The number of nitrogens with one attached hydrogen (secondary N) is 1. The summed E-state index contributed by atoms with van der Waals surface area (Å²) in [6, 6.07) is 7.82. The molecule has 0 aliphatic carbocycles. The Kier molecular flexibility index (Phi) is 3.22. The van der Waals surface area contributed by atoms with Crippen molar-refractivity contribution >= 4 is 11.0 Å². The molecule has 106 valence electrons. The molecule has 0 fully saturated rings. The van der Waals surface area contributed by atoms with Crippen LogP contribution in [0.1, 0.15) is 25.1 Å². The first-order valence-corrected chi connectivity index (χ1v) is 7.01. The van der Waals surface area contributed by atoms with E-state index in [1.807, 2.05) is 25.1 Å². The van der Waals surface area contributed by atoms with Crippen molar-refractivity contribution in [1.29, 1.82) is 5.26 Å². The number of nitriles is 1. The molecule has 1 N–H and O–H groups in total. The molecule has 0 saturated carbocycles. The molecule has 0 atom stereocenters. The van der Waals surface area contributed by atoms with Crippen LogP contribution in [-0.4, -0.2) is 19.7 Å². The molecule has 3 aromatic rings. The lowest BCUT2D eigenvalue weighted by Crippen LogP contribution is -2.06. The van der Waals surface area contributed by atoms with Gasteiger partial charge in [-0.3, -0.25) is 5.10 Å². The van der Waals surface area contributed by atoms with E-state index >= 15 is 0 Å². The standard InChI is InChI=1S/C16H17N5/c1-10(2)9-21-15-5-4-12(7-17)6-14(15)19-16(21)13-8-18-20-11(13)3/h4-6,8,10H,9H2,1-3H3,(H,18,20). The molecule has 0 aliphatic rings. The second-order valence-corrected chi connectivity index (χ2v) is 5.66. The van der Waals surface area contributed by atoms with Crippen LogP contribution in [0.5, 0.6) is 0 Å². The highest BCUT2D eigenvalue weighted by atomic mass is 15.1. The maximum Gasteiger partial charge on any atom is 0.144 e. The maximum atomic E-state index is 9.05. The molecule has 0 radical (unpaired) electrons. The largest absolute Gasteiger partial charge is 0.324 e. The van der Waals surface area contributed by atoms with Crippen LogP contribution in [0.3, 0.4) is 0 Å². The van der Waals surface area contributed by atoms with Gasteiger partial charge in [0.1, 0.15) is 5.82 Å². The third kappa shape index (κ3) is 2.29. The van der Waals surface area contributed by atoms with Gasteiger partial charge in [-0.05, 0) is 31.0 Å². The van der Waals surface area contributed by atoms with Crippen LogP contribution in [-0.2, 0) is 6.54 Å². The molecule has 0 bridgehead atoms. The van der Waals surface area contributed by atoms with Crippen LogP contribution < -0.4 is 0 Å². The number of aryl methyl sites for hydroxylation is 1. The highest BCUT2D eigenvalue weighted by Crippen LogP contribution is 2.27. The van der Waals surface area contributed by atoms with Gasteiger partial charge in [0.05, 0.1) is 34.4 Å². The second kappa shape index (κ2) is 5.06. The van der Waals surface area contributed by atoms with Gasteiger partial charge in [-0.15, -0.1) is 0 Å². The van der Waals surface area contributed by atoms with Crippen LogP contribution in [0.25, 0.3) is 22.4 Å². The molecule has 2 aromatic heterocycles. The Hall–Kier alpha value is -2.61. The number of fused-ring (bicyclic) bond motifs is 1. The maximum absolute atomic E-state index is 9.05. The first-order valence-electron chi connectivity index (χ1n) is 7.01. The summed E-state index contributed by atoms with van der Waals surface area (Å²) >= 11 is 0. The predicted octanol–water partition coefficient (Wildman–Crippen LogP) is 3.26. The van der Waals surface area contributed by atoms with E-state index in [2.05, 4.69) is 34.7 Å². The Bertz CT molecular complexity index is 832. The molecule has 2 heterocycles. The van der Waals surface area contributed by atoms with Crippen molar-refractivity contribution in [3.8, 4) is 17.5 Å². The number of aromatic amines is 1. The zero-order chi connectivity index (χ0) is 15.0. The van der Waals surface area contributed by atoms with Gasteiger partial charge in [-0.2, -0.15) is 10.4 Å². The topological polar surface area (TPSA) is 70.3 Å². The Morgan fingerprint density at radius 3 is 2.81 bits per heavy atom. The SMILES string of the molecule is Cc1[nH]ncc1-c1nc2cc(C#N)ccc2n1CC(C)C. The van der Waals surface area contributed by atoms with Crippen molar-refractivity contribution in [1.82, 2.24) is 19.7 Å². The van der Waals surface area contributed by atoms with Crippen LogP contribution in [0, 0.1) is 24.2 Å². The minimum absolute atomic E-state index is 0.504. The lowest BCUT2D eigenvalue weighted by atomic mass is 10.2. The van der Waals surface area contributed by atoms with Crippen molar-refractivity contribution in [2.45, 2.75) is 27.3 Å². The summed E-state index contributed by atoms with van der Waals surface area (Å²) in [5.74, 6) is 1.41. The minimum atomic E-state index is 0.504. The van der Waals surface area contributed by atoms with Crippen molar-refractivity contribution < 1.29 is 0 Å². The predicted molar refractivity (Wildman–Crippen MR) is 81.6 cm³/mol. The smallest absolute Gasteiger partial charge is 0.144 e. The number of rotatable bonds is 3. The summed E-state index contributed by atoms with van der Waals surface area (Å²) in [4.78, 5) is 4.73. The fraction of sp³-hybridized carbons (Fsp3) is 0.312. The normalized spacial score (nSPS) is 11.2. The van der Waals surface area contributed by atoms with Gasteiger partial charge in [0.2, 0.25) is 0 Å². The number of benzene rings is 1. The number of hydrogen-bond acceptors (Lipinski definition) is 3. The van der Waals surface area contributed by atoms with Gasteiger partial charge in [-0.1, -0.05) is 13.8 Å². The lowest BCUT2D eigenvalue weighted by molar-refractivity contribution is 0.536. The van der Waals surface area contributed by atoms with E-state index in [0.29, 0.717) is 11.5 Å². The first kappa shape index (κ1) is 13.4. The molecule has 3 rings (SSSR count). The van der Waals surface area contributed by atoms with Crippen LogP contribution >= 0.6 is 0 Å². The lowest BCUT2D eigenvalue weighted by Gasteiger charge is -2.11. The fourth-order valence-electron chi connectivity index (χ4n) is 2.53. The average Bonchev–Trinajstić information content (AvgIpc) is 3.02. The molecule has 21 heavy (non-hydrogen) atoms. The molecule has 5 nitrogen and oxygen atoms in total. The summed E-state index contributed by atoms with van der Waals surface area (Å²) in [5.41, 5.74) is 4.54. The molecule has 0 spiro atoms. The Labute approximate surface area is 123 Å². The molecule has 1 aromatic carbocycles. The van der Waals surface area contributed by atoms with E-state index in [1.54, 1.807) is 6.20 Å². The Morgan fingerprint density at radius 1 is 1.38 bits per heavy atom. The monoisotopic (exact) mass is 279 g/mol. The number of aromatic nitrogens is 4. The fourth-order valence-corrected chi connectivity index (χ4v) is 2.53. The van der Waals surface area contributed by atoms with Gasteiger partial charge in [0.15, 0.2) is 0 Å². The van der Waals surface area contributed by atoms with E-state index in [-0.39, 0.29) is 0 Å². The number of nitrogens with zero attached hydrogens (tertiary/aromatic N) is 4. The minimum Gasteiger partial charge on any atom is -0.324 e. The molecule has 0 amide bonds. The molecular weight excluding hydrogens is 262 g/mol. The quantitative estimate of drug-likeness (QED) is 0.800. The van der Waals surface area contributed by atoms with Crippen molar-refractivity contribution in [3.63, 3.8) is 0 Å². The van der Waals surface area contributed by atoms with E-state index < -0.39 is 0 Å². The van der Waals surface area contributed by atoms with Gasteiger partial charge in [-0.25, -0.2) is 4.98 Å². The average molecular weight is 279 g/mol. The van der Waals surface area contributed by atoms with Crippen molar-refractivity contribution in [2.24, 2.45) is 5.92 Å². The highest BCUT2D eigenvalue weighted by Gasteiger charge is 2.16. The molecule has 5 heteroatoms. The van der Waals surface area contributed by atoms with Crippen molar-refractivity contribution in [2.75, 3.05) is 0 Å². The van der Waals surface area contributed by atoms with Gasteiger partial charge < -0.3 is 4.57 Å². The molecule has 0 aliphatic heterocycles. The molecule has 0 saturated heterocycles. The van der Waals surface area contributed by atoms with E-state index in [9.17, 15) is 0 Å². The number of hydrogen-bond donors (Lipinski definition) is 1. The Morgan fingerprint density at radius 2 is 2.19 bits per heavy atom. The third-order valence-electron chi connectivity index (χ3n) is 3.50. The van der Waals surface area contributed by atoms with E-state index in [1.165, 1.54) is 0 Å².